The fraction of sp³-hybridized carbons (Fsp3) is 0.375. The van der Waals surface area contributed by atoms with Crippen LogP contribution >= 0.6 is 0 Å². The van der Waals surface area contributed by atoms with Crippen molar-refractivity contribution < 1.29 is 23.9 Å². The maximum absolute atomic E-state index is 14.2. The standard InChI is InChI=1S/C32H38N4O5/c1-21-17-18-23-11-5-6-12-24(23)25(21)19-36-28-14-8-7-13-27(28)35(29(37)15-9-10-16-30(38)41-4)20-26(32(36)40)34-31(39)22(2)33-3/h5-8,11-14,17-18,22,26,33H,9-10,15-16,19-20H2,1-4H3,(H,34,39)/t22-,26-/m0/s1. The van der Waals surface area contributed by atoms with Crippen LogP contribution in [0.1, 0.15) is 43.7 Å². The average Bonchev–Trinajstić information content (AvgIpc) is 3.10. The van der Waals surface area contributed by atoms with E-state index in [4.69, 9.17) is 4.74 Å². The van der Waals surface area contributed by atoms with Crippen molar-refractivity contribution in [2.45, 2.75) is 58.2 Å². The Balaban J connectivity index is 1.73. The van der Waals surface area contributed by atoms with Gasteiger partial charge in [-0.1, -0.05) is 48.5 Å². The van der Waals surface area contributed by atoms with Crippen molar-refractivity contribution in [1.82, 2.24) is 10.6 Å². The monoisotopic (exact) mass is 558 g/mol. The Labute approximate surface area is 240 Å². The van der Waals surface area contributed by atoms with Gasteiger partial charge in [-0.15, -0.1) is 0 Å². The molecule has 9 heteroatoms. The van der Waals surface area contributed by atoms with E-state index in [1.807, 2.05) is 61.5 Å². The van der Waals surface area contributed by atoms with Crippen LogP contribution in [0.5, 0.6) is 0 Å². The number of nitrogens with one attached hydrogen (secondary N) is 2. The fourth-order valence-electron chi connectivity index (χ4n) is 5.12. The van der Waals surface area contributed by atoms with E-state index in [2.05, 4.69) is 16.7 Å². The average molecular weight is 559 g/mol. The third-order valence-corrected chi connectivity index (χ3v) is 7.68. The van der Waals surface area contributed by atoms with Crippen LogP contribution < -0.4 is 20.4 Å². The lowest BCUT2D eigenvalue weighted by molar-refractivity contribution is -0.140. The molecule has 1 heterocycles. The van der Waals surface area contributed by atoms with Gasteiger partial charge in [-0.2, -0.15) is 0 Å². The molecule has 216 valence electrons. The van der Waals surface area contributed by atoms with Gasteiger partial charge in [0.15, 0.2) is 0 Å². The molecule has 2 N–H and O–H groups in total. The lowest BCUT2D eigenvalue weighted by Gasteiger charge is -2.27. The number of ether oxygens (including phenoxy) is 1. The molecule has 3 aromatic rings. The van der Waals surface area contributed by atoms with E-state index in [0.717, 1.165) is 21.9 Å². The molecule has 0 fully saturated rings. The predicted molar refractivity (Wildman–Crippen MR) is 160 cm³/mol. The summed E-state index contributed by atoms with van der Waals surface area (Å²) in [5, 5.41) is 7.91. The highest BCUT2D eigenvalue weighted by molar-refractivity contribution is 6.08. The number of carbonyl (C=O) groups is 4. The number of para-hydroxylation sites is 2. The van der Waals surface area contributed by atoms with Gasteiger partial charge in [0.2, 0.25) is 11.8 Å². The molecule has 0 aliphatic carbocycles. The van der Waals surface area contributed by atoms with Crippen LogP contribution in [-0.4, -0.2) is 56.5 Å². The second-order valence-electron chi connectivity index (χ2n) is 10.4. The number of anilines is 2. The van der Waals surface area contributed by atoms with Crippen LogP contribution in [0, 0.1) is 6.92 Å². The number of benzene rings is 3. The molecule has 0 radical (unpaired) electrons. The predicted octanol–water partition coefficient (Wildman–Crippen LogP) is 3.85. The van der Waals surface area contributed by atoms with E-state index in [1.54, 1.807) is 23.8 Å². The van der Waals surface area contributed by atoms with Gasteiger partial charge in [-0.25, -0.2) is 0 Å². The Kier molecular flexibility index (Phi) is 9.73. The lowest BCUT2D eigenvalue weighted by Crippen LogP contribution is -2.55. The van der Waals surface area contributed by atoms with Crippen LogP contribution in [0.4, 0.5) is 11.4 Å². The minimum Gasteiger partial charge on any atom is -0.469 e. The summed E-state index contributed by atoms with van der Waals surface area (Å²) in [4.78, 5) is 55.6. The zero-order valence-electron chi connectivity index (χ0n) is 24.1. The molecule has 0 aromatic heterocycles. The van der Waals surface area contributed by atoms with Crippen molar-refractivity contribution in [2.75, 3.05) is 30.5 Å². The van der Waals surface area contributed by atoms with E-state index < -0.39 is 12.1 Å². The second-order valence-corrected chi connectivity index (χ2v) is 10.4. The van der Waals surface area contributed by atoms with Crippen LogP contribution in [0.25, 0.3) is 10.8 Å². The maximum Gasteiger partial charge on any atom is 0.305 e. The molecule has 0 spiro atoms. The van der Waals surface area contributed by atoms with Crippen LogP contribution in [0.15, 0.2) is 60.7 Å². The first-order valence-corrected chi connectivity index (χ1v) is 14.0. The smallest absolute Gasteiger partial charge is 0.305 e. The summed E-state index contributed by atoms with van der Waals surface area (Å²) < 4.78 is 4.70. The SMILES string of the molecule is CN[C@@H](C)C(=O)N[C@H]1CN(C(=O)CCCCC(=O)OC)c2ccccc2N(Cc2c(C)ccc3ccccc23)C1=O. The van der Waals surface area contributed by atoms with Crippen molar-refractivity contribution in [3.63, 3.8) is 0 Å². The summed E-state index contributed by atoms with van der Waals surface area (Å²) in [7, 11) is 3.02. The number of hydrogen-bond acceptors (Lipinski definition) is 6. The van der Waals surface area contributed by atoms with Gasteiger partial charge in [0, 0.05) is 12.8 Å². The van der Waals surface area contributed by atoms with E-state index in [1.165, 1.54) is 7.11 Å². The molecule has 0 unspecified atom stereocenters. The quantitative estimate of drug-likeness (QED) is 0.289. The van der Waals surface area contributed by atoms with Gasteiger partial charge in [-0.05, 0) is 67.8 Å². The number of methoxy groups -OCH3 is 1. The first-order valence-electron chi connectivity index (χ1n) is 14.0. The molecule has 1 aliphatic heterocycles. The third kappa shape index (κ3) is 6.74. The van der Waals surface area contributed by atoms with Gasteiger partial charge >= 0.3 is 5.97 Å². The van der Waals surface area contributed by atoms with Crippen LogP contribution in [0.2, 0.25) is 0 Å². The number of fused-ring (bicyclic) bond motifs is 2. The summed E-state index contributed by atoms with van der Waals surface area (Å²) in [6.07, 6.45) is 1.43. The van der Waals surface area contributed by atoms with Gasteiger partial charge in [-0.3, -0.25) is 19.2 Å². The van der Waals surface area contributed by atoms with E-state index in [-0.39, 0.29) is 49.6 Å². The summed E-state index contributed by atoms with van der Waals surface area (Å²) in [5.74, 6) is -1.12. The number of nitrogens with zero attached hydrogens (tertiary/aromatic N) is 2. The van der Waals surface area contributed by atoms with E-state index >= 15 is 0 Å². The van der Waals surface area contributed by atoms with Gasteiger partial charge in [0.1, 0.15) is 6.04 Å². The minimum absolute atomic E-state index is 0.00112. The number of carbonyl (C=O) groups excluding carboxylic acids is 4. The number of hydrogen-bond donors (Lipinski definition) is 2. The zero-order valence-corrected chi connectivity index (χ0v) is 24.1. The number of likely N-dealkylation sites (N-methyl/N-ethyl adjacent to an activating group) is 1. The molecule has 3 aromatic carbocycles. The molecular formula is C32H38N4O5. The van der Waals surface area contributed by atoms with E-state index in [0.29, 0.717) is 24.2 Å². The summed E-state index contributed by atoms with van der Waals surface area (Å²) in [6, 6.07) is 18.0. The summed E-state index contributed by atoms with van der Waals surface area (Å²) in [5.41, 5.74) is 3.25. The largest absolute Gasteiger partial charge is 0.469 e. The third-order valence-electron chi connectivity index (χ3n) is 7.68. The molecule has 0 saturated carbocycles. The molecular weight excluding hydrogens is 520 g/mol. The van der Waals surface area contributed by atoms with Crippen molar-refractivity contribution in [2.24, 2.45) is 0 Å². The molecule has 2 atom stereocenters. The van der Waals surface area contributed by atoms with Crippen LogP contribution in [0.3, 0.4) is 0 Å². The lowest BCUT2D eigenvalue weighted by atomic mass is 9.99. The van der Waals surface area contributed by atoms with E-state index in [9.17, 15) is 19.2 Å². The maximum atomic E-state index is 14.2. The molecule has 3 amide bonds. The summed E-state index contributed by atoms with van der Waals surface area (Å²) in [6.45, 7) is 4.01. The fourth-order valence-corrected chi connectivity index (χ4v) is 5.12. The molecule has 9 nitrogen and oxygen atoms in total. The minimum atomic E-state index is -0.958. The Morgan fingerprint density at radius 2 is 1.66 bits per heavy atom. The number of aryl methyl sites for hydroxylation is 1. The molecule has 0 bridgehead atoms. The second kappa shape index (κ2) is 13.4. The molecule has 41 heavy (non-hydrogen) atoms. The Bertz CT molecular complexity index is 1440. The van der Waals surface area contributed by atoms with Gasteiger partial charge in [0.25, 0.3) is 5.91 Å². The molecule has 1 aliphatic rings. The summed E-state index contributed by atoms with van der Waals surface area (Å²) >= 11 is 0. The van der Waals surface area contributed by atoms with Crippen molar-refractivity contribution in [1.29, 1.82) is 0 Å². The van der Waals surface area contributed by atoms with Gasteiger partial charge < -0.3 is 25.2 Å². The highest BCUT2D eigenvalue weighted by Gasteiger charge is 2.37. The Morgan fingerprint density at radius 3 is 2.39 bits per heavy atom. The Morgan fingerprint density at radius 1 is 0.976 bits per heavy atom. The van der Waals surface area contributed by atoms with Crippen molar-refractivity contribution >= 4 is 45.8 Å². The number of rotatable bonds is 10. The van der Waals surface area contributed by atoms with Crippen molar-refractivity contribution in [3.8, 4) is 0 Å². The number of amides is 3. The van der Waals surface area contributed by atoms with Crippen LogP contribution in [-0.2, 0) is 30.5 Å². The topological polar surface area (TPSA) is 108 Å². The van der Waals surface area contributed by atoms with Crippen molar-refractivity contribution in [3.05, 3.63) is 71.8 Å². The Hall–Kier alpha value is -4.24. The first-order chi connectivity index (χ1) is 19.7. The molecule has 4 rings (SSSR count). The number of unbranched alkanes of at least 4 members (excludes halogenated alkanes) is 1. The number of esters is 1. The first kappa shape index (κ1) is 29.7. The molecule has 0 saturated heterocycles. The normalized spacial score (nSPS) is 15.7. The highest BCUT2D eigenvalue weighted by Crippen LogP contribution is 2.36. The zero-order chi connectivity index (χ0) is 29.5. The highest BCUT2D eigenvalue weighted by atomic mass is 16.5. The van der Waals surface area contributed by atoms with Gasteiger partial charge in [0.05, 0.1) is 37.6 Å².